The standard InChI is InChI=1S/C59H62O13Si2/c1-56(2,3)73(8,9)71-42-33-40-44(49-48(42)69-59(70-49,37-28-20-14-21-29-37)38-30-22-15-23-31-38)45-39(54(61)66-52-51(62-7)46(65-53(40)60)43-34-63-55(52)64-43)32-41-47(50(45)72-74(10,11)57(4,5)6)68-58(67-41,35-24-16-12-17-25-35)36-26-18-13-19-27-36/h12-33,43,46,51-52,55H,34H2,1-11H3/t43-,46-,51+,52-,55+/m1/s1. The molecule has 6 aromatic rings. The molecule has 5 atom stereocenters. The zero-order valence-corrected chi connectivity index (χ0v) is 45.6. The molecule has 5 heterocycles. The average Bonchev–Trinajstić information content (AvgIpc) is 4.14. The molecule has 0 spiro atoms. The van der Waals surface area contributed by atoms with Crippen molar-refractivity contribution in [3.63, 3.8) is 0 Å². The summed E-state index contributed by atoms with van der Waals surface area (Å²) in [5.74, 6) is -3.80. The Kier molecular flexibility index (Phi) is 11.9. The molecule has 13 nitrogen and oxygen atoms in total. The Morgan fingerprint density at radius 1 is 0.541 bits per heavy atom. The molecule has 2 saturated heterocycles. The molecule has 6 aromatic carbocycles. The van der Waals surface area contributed by atoms with Gasteiger partial charge in [0.05, 0.1) is 17.7 Å². The largest absolute Gasteiger partial charge is 0.541 e. The van der Waals surface area contributed by atoms with Crippen molar-refractivity contribution in [2.75, 3.05) is 13.7 Å². The van der Waals surface area contributed by atoms with E-state index in [1.807, 2.05) is 121 Å². The quantitative estimate of drug-likeness (QED) is 0.100. The zero-order chi connectivity index (χ0) is 52.2. The fourth-order valence-electron chi connectivity index (χ4n) is 9.74. The first-order valence-corrected chi connectivity index (χ1v) is 31.0. The minimum absolute atomic E-state index is 0.0160. The number of benzene rings is 6. The summed E-state index contributed by atoms with van der Waals surface area (Å²) in [6.45, 7) is 21.3. The third-order valence-corrected chi connectivity index (χ3v) is 24.5. The molecular formula is C59H62O13Si2. The highest BCUT2D eigenvalue weighted by molar-refractivity contribution is 6.75. The van der Waals surface area contributed by atoms with Gasteiger partial charge < -0.3 is 51.5 Å². The highest BCUT2D eigenvalue weighted by Gasteiger charge is 2.58. The predicted molar refractivity (Wildman–Crippen MR) is 281 cm³/mol. The van der Waals surface area contributed by atoms with Gasteiger partial charge in [0.15, 0.2) is 41.5 Å². The van der Waals surface area contributed by atoms with Crippen LogP contribution in [-0.2, 0) is 35.3 Å². The Balaban J connectivity index is 1.28. The summed E-state index contributed by atoms with van der Waals surface area (Å²) in [4.78, 5) is 31.8. The lowest BCUT2D eigenvalue weighted by molar-refractivity contribution is -0.234. The van der Waals surface area contributed by atoms with Gasteiger partial charge >= 0.3 is 23.5 Å². The number of carbonyl (C=O) groups is 2. The summed E-state index contributed by atoms with van der Waals surface area (Å²) in [6.07, 6.45) is -5.05. The fourth-order valence-corrected chi connectivity index (χ4v) is 11.8. The molecule has 0 radical (unpaired) electrons. The van der Waals surface area contributed by atoms with Crippen LogP contribution in [0.25, 0.3) is 11.1 Å². The average molecular weight is 1040 g/mol. The lowest BCUT2D eigenvalue weighted by Crippen LogP contribution is -2.57. The number of methoxy groups -OCH3 is 1. The number of hydrogen-bond acceptors (Lipinski definition) is 13. The summed E-state index contributed by atoms with van der Waals surface area (Å²) < 4.78 is 76.1. The van der Waals surface area contributed by atoms with Gasteiger partial charge in [-0.2, -0.15) is 0 Å². The first-order chi connectivity index (χ1) is 35.2. The van der Waals surface area contributed by atoms with E-state index < -0.39 is 75.9 Å². The molecular weight excluding hydrogens is 973 g/mol. The maximum atomic E-state index is 15.9. The van der Waals surface area contributed by atoms with Crippen LogP contribution < -0.4 is 27.8 Å². The second kappa shape index (κ2) is 17.8. The third-order valence-electron chi connectivity index (χ3n) is 15.8. The molecule has 0 unspecified atom stereocenters. The van der Waals surface area contributed by atoms with Crippen molar-refractivity contribution in [1.29, 1.82) is 0 Å². The van der Waals surface area contributed by atoms with Gasteiger partial charge in [-0.05, 0) is 48.4 Å². The number of esters is 2. The molecule has 74 heavy (non-hydrogen) atoms. The fraction of sp³-hybridized carbons (Fsp3) is 0.356. The second-order valence-corrected chi connectivity index (χ2v) is 32.0. The summed E-state index contributed by atoms with van der Waals surface area (Å²) in [5.41, 5.74) is 2.84. The maximum Gasteiger partial charge on any atom is 0.339 e. The van der Waals surface area contributed by atoms with Gasteiger partial charge in [-0.3, -0.25) is 0 Å². The van der Waals surface area contributed by atoms with Gasteiger partial charge in [0.2, 0.25) is 11.5 Å². The molecule has 2 fully saturated rings. The van der Waals surface area contributed by atoms with Crippen molar-refractivity contribution in [2.24, 2.45) is 0 Å². The minimum atomic E-state index is -3.00. The Labute approximate surface area is 434 Å². The number of carbonyl (C=O) groups excluding carboxylic acids is 2. The second-order valence-electron chi connectivity index (χ2n) is 22.6. The Morgan fingerprint density at radius 2 is 0.986 bits per heavy atom. The van der Waals surface area contributed by atoms with Crippen LogP contribution in [0.3, 0.4) is 0 Å². The van der Waals surface area contributed by atoms with Crippen LogP contribution in [0.5, 0.6) is 34.5 Å². The van der Waals surface area contributed by atoms with E-state index in [4.69, 9.17) is 51.5 Å². The Morgan fingerprint density at radius 3 is 1.49 bits per heavy atom. The summed E-state index contributed by atoms with van der Waals surface area (Å²) in [6, 6.07) is 41.6. The van der Waals surface area contributed by atoms with Crippen LogP contribution in [0.15, 0.2) is 133 Å². The molecule has 4 bridgehead atoms. The highest BCUT2D eigenvalue weighted by Crippen LogP contribution is 2.64. The zero-order valence-electron chi connectivity index (χ0n) is 43.6. The van der Waals surface area contributed by atoms with Crippen molar-refractivity contribution >= 4 is 28.6 Å². The smallest absolute Gasteiger partial charge is 0.339 e. The third kappa shape index (κ3) is 7.97. The maximum absolute atomic E-state index is 15.9. The lowest BCUT2D eigenvalue weighted by Gasteiger charge is -2.38. The molecule has 11 rings (SSSR count). The number of fused-ring (bicyclic) bond motifs is 12. The van der Waals surface area contributed by atoms with Crippen LogP contribution in [-0.4, -0.2) is 73.0 Å². The summed E-state index contributed by atoms with van der Waals surface area (Å²) >= 11 is 0. The van der Waals surface area contributed by atoms with E-state index in [1.165, 1.54) is 7.11 Å². The van der Waals surface area contributed by atoms with Gasteiger partial charge in [0.1, 0.15) is 12.2 Å². The monoisotopic (exact) mass is 1030 g/mol. The molecule has 384 valence electrons. The van der Waals surface area contributed by atoms with E-state index >= 15 is 9.59 Å². The van der Waals surface area contributed by atoms with Gasteiger partial charge in [0.25, 0.3) is 16.6 Å². The molecule has 0 aromatic heterocycles. The number of rotatable bonds is 9. The van der Waals surface area contributed by atoms with Crippen molar-refractivity contribution in [3.8, 4) is 45.6 Å². The van der Waals surface area contributed by atoms with Crippen LogP contribution in [0, 0.1) is 0 Å². The molecule has 5 aliphatic rings. The Hall–Kier alpha value is -6.63. The predicted octanol–water partition coefficient (Wildman–Crippen LogP) is 12.3. The van der Waals surface area contributed by atoms with E-state index in [9.17, 15) is 0 Å². The van der Waals surface area contributed by atoms with Gasteiger partial charge in [-0.1, -0.05) is 163 Å². The van der Waals surface area contributed by atoms with Crippen LogP contribution in [0.2, 0.25) is 36.3 Å². The molecule has 0 saturated carbocycles. The van der Waals surface area contributed by atoms with Crippen molar-refractivity contribution in [3.05, 3.63) is 167 Å². The molecule has 5 aliphatic heterocycles. The normalized spacial score (nSPS) is 22.4. The van der Waals surface area contributed by atoms with Crippen molar-refractivity contribution < 1.29 is 61.1 Å². The van der Waals surface area contributed by atoms with Crippen molar-refractivity contribution in [1.82, 2.24) is 0 Å². The van der Waals surface area contributed by atoms with E-state index in [0.29, 0.717) is 22.3 Å². The molecule has 15 heteroatoms. The highest BCUT2D eigenvalue weighted by atomic mass is 28.4. The van der Waals surface area contributed by atoms with E-state index in [1.54, 1.807) is 12.1 Å². The number of ether oxygens (including phenoxy) is 9. The first-order valence-electron chi connectivity index (χ1n) is 25.2. The molecule has 0 N–H and O–H groups in total. The van der Waals surface area contributed by atoms with E-state index in [2.05, 4.69) is 67.7 Å². The topological polar surface area (TPSA) is 136 Å². The Bertz CT molecular complexity index is 3050. The van der Waals surface area contributed by atoms with E-state index in [0.717, 1.165) is 0 Å². The SMILES string of the molecule is CO[C@@H]1[C@H]2OC(=O)c3cc4c(c(O[Si](C)(C)C(C)(C)C)c3-c3c(cc(O[Si](C)(C)C(C)(C)C)c5c3OC(c3ccccc3)(c3ccccc3)O5)C(=O)O[C@@H]1[C@H]1CO[C@H]2O1)OC(c1ccccc1)(c1ccccc1)O4. The molecule has 0 aliphatic carbocycles. The lowest BCUT2D eigenvalue weighted by atomic mass is 9.91. The minimum Gasteiger partial charge on any atom is -0.541 e. The van der Waals surface area contributed by atoms with Crippen LogP contribution in [0.4, 0.5) is 0 Å². The summed E-state index contributed by atoms with van der Waals surface area (Å²) in [5, 5.41) is -0.725. The van der Waals surface area contributed by atoms with Gasteiger partial charge in [-0.25, -0.2) is 9.59 Å². The van der Waals surface area contributed by atoms with Crippen LogP contribution >= 0.6 is 0 Å². The van der Waals surface area contributed by atoms with Crippen molar-refractivity contribution in [2.45, 2.75) is 120 Å². The van der Waals surface area contributed by atoms with Gasteiger partial charge in [0, 0.05) is 40.5 Å². The van der Waals surface area contributed by atoms with E-state index in [-0.39, 0.29) is 68.4 Å². The van der Waals surface area contributed by atoms with Gasteiger partial charge in [-0.15, -0.1) is 0 Å². The summed E-state index contributed by atoms with van der Waals surface area (Å²) in [7, 11) is -4.30. The number of hydrogen-bond donors (Lipinski definition) is 0. The molecule has 0 amide bonds. The van der Waals surface area contributed by atoms with Crippen LogP contribution in [0.1, 0.15) is 84.5 Å². The first kappa shape index (κ1) is 49.6.